The van der Waals surface area contributed by atoms with E-state index in [9.17, 15) is 13.2 Å². The molecule has 138 valence electrons. The van der Waals surface area contributed by atoms with Crippen molar-refractivity contribution in [2.75, 3.05) is 13.1 Å². The van der Waals surface area contributed by atoms with Crippen LogP contribution in [0.2, 0.25) is 0 Å². The van der Waals surface area contributed by atoms with E-state index in [0.717, 1.165) is 22.9 Å². The second-order valence-electron chi connectivity index (χ2n) is 7.05. The van der Waals surface area contributed by atoms with Gasteiger partial charge >= 0.3 is 0 Å². The fourth-order valence-corrected chi connectivity index (χ4v) is 5.50. The summed E-state index contributed by atoms with van der Waals surface area (Å²) in [4.78, 5) is 12.3. The van der Waals surface area contributed by atoms with Gasteiger partial charge in [0, 0.05) is 29.5 Å². The third-order valence-electron chi connectivity index (χ3n) is 5.18. The van der Waals surface area contributed by atoms with Crippen molar-refractivity contribution in [1.82, 2.24) is 9.62 Å². The Morgan fingerprint density at radius 3 is 2.28 bits per heavy atom. The smallest absolute Gasteiger partial charge is 0.223 e. The van der Waals surface area contributed by atoms with Gasteiger partial charge < -0.3 is 5.32 Å². The molecule has 0 aromatic heterocycles. The van der Waals surface area contributed by atoms with E-state index in [4.69, 9.17) is 0 Å². The van der Waals surface area contributed by atoms with Gasteiger partial charge in [0.1, 0.15) is 0 Å². The lowest BCUT2D eigenvalue weighted by atomic mass is 9.97. The van der Waals surface area contributed by atoms with Gasteiger partial charge in [0.15, 0.2) is 0 Å². The second kappa shape index (κ2) is 8.18. The number of amides is 1. The lowest BCUT2D eigenvalue weighted by molar-refractivity contribution is -0.126. The lowest BCUT2D eigenvalue weighted by Crippen LogP contribution is -2.45. The molecule has 1 aliphatic heterocycles. The first-order valence-corrected chi connectivity index (χ1v) is 11.4. The third kappa shape index (κ3) is 5.05. The van der Waals surface area contributed by atoms with Crippen molar-refractivity contribution in [2.24, 2.45) is 5.92 Å². The highest BCUT2D eigenvalue weighted by atomic mass is 79.9. The lowest BCUT2D eigenvalue weighted by Gasteiger charge is -2.31. The number of sulfonamides is 1. The first-order valence-electron chi connectivity index (χ1n) is 8.97. The number of nitrogens with zero attached hydrogens (tertiary/aromatic N) is 1. The van der Waals surface area contributed by atoms with Gasteiger partial charge in [-0.3, -0.25) is 4.79 Å². The molecule has 1 heterocycles. The van der Waals surface area contributed by atoms with Crippen LogP contribution in [-0.2, 0) is 20.6 Å². The molecular formula is C18H25BrN2O3S. The van der Waals surface area contributed by atoms with E-state index in [1.165, 1.54) is 17.1 Å². The maximum Gasteiger partial charge on any atom is 0.223 e. The minimum Gasteiger partial charge on any atom is -0.353 e. The molecule has 2 aliphatic rings. The fraction of sp³-hybridized carbons (Fsp3) is 0.611. The molecule has 0 spiro atoms. The van der Waals surface area contributed by atoms with Crippen molar-refractivity contribution >= 4 is 31.9 Å². The van der Waals surface area contributed by atoms with Gasteiger partial charge in [-0.05, 0) is 43.4 Å². The third-order valence-corrected chi connectivity index (χ3v) is 7.56. The molecule has 5 nitrogen and oxygen atoms in total. The molecule has 25 heavy (non-hydrogen) atoms. The zero-order chi connectivity index (χ0) is 17.9. The van der Waals surface area contributed by atoms with Crippen LogP contribution in [0.4, 0.5) is 0 Å². The summed E-state index contributed by atoms with van der Waals surface area (Å²) >= 11 is 3.36. The first-order chi connectivity index (χ1) is 11.9. The number of halogens is 1. The SMILES string of the molecule is O=C(NC1CCCC1)C1CCN(S(=O)(=O)Cc2ccc(Br)cc2)CC1. The van der Waals surface area contributed by atoms with Gasteiger partial charge in [-0.2, -0.15) is 0 Å². The molecule has 3 rings (SSSR count). The Kier molecular flexibility index (Phi) is 6.17. The first kappa shape index (κ1) is 18.9. The van der Waals surface area contributed by atoms with Crippen molar-refractivity contribution in [3.05, 3.63) is 34.3 Å². The van der Waals surface area contributed by atoms with Crippen LogP contribution in [0, 0.1) is 5.92 Å². The number of hydrogen-bond acceptors (Lipinski definition) is 3. The normalized spacial score (nSPS) is 20.7. The van der Waals surface area contributed by atoms with Crippen LogP contribution in [0.15, 0.2) is 28.7 Å². The van der Waals surface area contributed by atoms with Crippen LogP contribution < -0.4 is 5.32 Å². The average molecular weight is 429 g/mol. The molecule has 2 fully saturated rings. The molecular weight excluding hydrogens is 404 g/mol. The molecule has 1 aromatic carbocycles. The number of carbonyl (C=O) groups excluding carboxylic acids is 1. The highest BCUT2D eigenvalue weighted by Gasteiger charge is 2.32. The van der Waals surface area contributed by atoms with Crippen LogP contribution in [0.5, 0.6) is 0 Å². The van der Waals surface area contributed by atoms with Crippen molar-refractivity contribution < 1.29 is 13.2 Å². The second-order valence-corrected chi connectivity index (χ2v) is 9.93. The maximum atomic E-state index is 12.6. The quantitative estimate of drug-likeness (QED) is 0.783. The predicted molar refractivity (Wildman–Crippen MR) is 101 cm³/mol. The summed E-state index contributed by atoms with van der Waals surface area (Å²) in [6, 6.07) is 7.67. The zero-order valence-electron chi connectivity index (χ0n) is 14.3. The highest BCUT2D eigenvalue weighted by Crippen LogP contribution is 2.24. The summed E-state index contributed by atoms with van der Waals surface area (Å²) in [5, 5.41) is 3.14. The molecule has 1 N–H and O–H groups in total. The van der Waals surface area contributed by atoms with Crippen molar-refractivity contribution in [2.45, 2.75) is 50.3 Å². The molecule has 1 aromatic rings. The van der Waals surface area contributed by atoms with E-state index in [2.05, 4.69) is 21.2 Å². The van der Waals surface area contributed by atoms with Gasteiger partial charge in [-0.15, -0.1) is 0 Å². The summed E-state index contributed by atoms with van der Waals surface area (Å²) in [5.74, 6) is 0.0655. The molecule has 1 saturated carbocycles. The summed E-state index contributed by atoms with van der Waals surface area (Å²) in [7, 11) is -3.33. The minimum atomic E-state index is -3.33. The van der Waals surface area contributed by atoms with Gasteiger partial charge in [-0.25, -0.2) is 12.7 Å². The number of hydrogen-bond donors (Lipinski definition) is 1. The number of piperidine rings is 1. The Bertz CT molecular complexity index is 692. The Hall–Kier alpha value is -0.920. The van der Waals surface area contributed by atoms with Gasteiger partial charge in [-0.1, -0.05) is 40.9 Å². The average Bonchev–Trinajstić information content (AvgIpc) is 3.10. The van der Waals surface area contributed by atoms with Crippen LogP contribution in [0.1, 0.15) is 44.1 Å². The molecule has 0 unspecified atom stereocenters. The monoisotopic (exact) mass is 428 g/mol. The Morgan fingerprint density at radius 1 is 1.08 bits per heavy atom. The summed E-state index contributed by atoms with van der Waals surface area (Å²) in [5.41, 5.74) is 0.782. The molecule has 1 aliphatic carbocycles. The van der Waals surface area contributed by atoms with Crippen LogP contribution in [0.25, 0.3) is 0 Å². The predicted octanol–water partition coefficient (Wildman–Crippen LogP) is 3.05. The van der Waals surface area contributed by atoms with E-state index < -0.39 is 10.0 Å². The van der Waals surface area contributed by atoms with Crippen LogP contribution in [0.3, 0.4) is 0 Å². The molecule has 0 bridgehead atoms. The Morgan fingerprint density at radius 2 is 1.68 bits per heavy atom. The number of rotatable bonds is 5. The van der Waals surface area contributed by atoms with Gasteiger partial charge in [0.05, 0.1) is 5.75 Å². The van der Waals surface area contributed by atoms with E-state index in [1.54, 1.807) is 0 Å². The molecule has 1 amide bonds. The van der Waals surface area contributed by atoms with Gasteiger partial charge in [0.25, 0.3) is 0 Å². The molecule has 0 atom stereocenters. The Balaban J connectivity index is 1.52. The summed E-state index contributed by atoms with van der Waals surface area (Å²) in [6.45, 7) is 0.864. The van der Waals surface area contributed by atoms with E-state index in [0.29, 0.717) is 32.0 Å². The number of nitrogens with one attached hydrogen (secondary N) is 1. The zero-order valence-corrected chi connectivity index (χ0v) is 16.7. The van der Waals surface area contributed by atoms with E-state index >= 15 is 0 Å². The maximum absolute atomic E-state index is 12.6. The fourth-order valence-electron chi connectivity index (χ4n) is 3.67. The van der Waals surface area contributed by atoms with Crippen molar-refractivity contribution in [3.8, 4) is 0 Å². The van der Waals surface area contributed by atoms with Crippen LogP contribution in [-0.4, -0.2) is 37.8 Å². The number of carbonyl (C=O) groups is 1. The molecule has 1 saturated heterocycles. The Labute approximate surface area is 158 Å². The number of benzene rings is 1. The molecule has 0 radical (unpaired) electrons. The topological polar surface area (TPSA) is 66.5 Å². The minimum absolute atomic E-state index is 0.0131. The summed E-state index contributed by atoms with van der Waals surface area (Å²) < 4.78 is 27.7. The molecule has 7 heteroatoms. The van der Waals surface area contributed by atoms with Crippen molar-refractivity contribution in [1.29, 1.82) is 0 Å². The highest BCUT2D eigenvalue weighted by molar-refractivity contribution is 9.10. The van der Waals surface area contributed by atoms with E-state index in [1.807, 2.05) is 24.3 Å². The summed E-state index contributed by atoms with van der Waals surface area (Å²) in [6.07, 6.45) is 5.75. The van der Waals surface area contributed by atoms with Gasteiger partial charge in [0.2, 0.25) is 15.9 Å². The largest absolute Gasteiger partial charge is 0.353 e. The van der Waals surface area contributed by atoms with E-state index in [-0.39, 0.29) is 17.6 Å². The van der Waals surface area contributed by atoms with Crippen molar-refractivity contribution in [3.63, 3.8) is 0 Å². The standard InChI is InChI=1S/C18H25BrN2O3S/c19-16-7-5-14(6-8-16)13-25(23,24)21-11-9-15(10-12-21)18(22)20-17-3-1-2-4-17/h5-8,15,17H,1-4,9-13H2,(H,20,22). The van der Waals surface area contributed by atoms with Crippen LogP contribution >= 0.6 is 15.9 Å².